The molecule has 0 aromatic heterocycles. The van der Waals surface area contributed by atoms with Crippen LogP contribution in [-0.4, -0.2) is 38.0 Å². The number of terminal acetylenes is 1. The molecule has 0 aromatic carbocycles. The molecule has 0 spiro atoms. The average Bonchev–Trinajstić information content (AvgIpc) is 2.05. The van der Waals surface area contributed by atoms with Crippen LogP contribution < -0.4 is 5.32 Å². The number of unbranched alkanes of at least 4 members (excludes halogenated alkanes) is 1. The van der Waals surface area contributed by atoms with Gasteiger partial charge >= 0.3 is 0 Å². The van der Waals surface area contributed by atoms with Crippen molar-refractivity contribution in [1.29, 1.82) is 0 Å². The van der Waals surface area contributed by atoms with Gasteiger partial charge in [0.05, 0.1) is 6.54 Å². The number of hydrogen-bond donors (Lipinski definition) is 1. The van der Waals surface area contributed by atoms with Gasteiger partial charge in [-0.3, -0.25) is 9.69 Å². The Balaban J connectivity index is 3.40. The molecular formula is C9H16N2O. The molecule has 0 bridgehead atoms. The molecule has 0 heterocycles. The van der Waals surface area contributed by atoms with E-state index in [4.69, 9.17) is 6.42 Å². The van der Waals surface area contributed by atoms with Crippen LogP contribution in [0.1, 0.15) is 12.8 Å². The number of rotatable bonds is 5. The monoisotopic (exact) mass is 168 g/mol. The van der Waals surface area contributed by atoms with Gasteiger partial charge in [0.1, 0.15) is 0 Å². The summed E-state index contributed by atoms with van der Waals surface area (Å²) in [6, 6.07) is 0. The zero-order chi connectivity index (χ0) is 9.40. The van der Waals surface area contributed by atoms with Gasteiger partial charge in [0.2, 0.25) is 5.91 Å². The number of nitrogens with one attached hydrogen (secondary N) is 1. The molecule has 1 amide bonds. The third kappa shape index (κ3) is 5.75. The quantitative estimate of drug-likeness (QED) is 0.465. The number of likely N-dealkylation sites (N-methyl/N-ethyl adjacent to an activating group) is 2. The van der Waals surface area contributed by atoms with Crippen molar-refractivity contribution in [1.82, 2.24) is 10.2 Å². The van der Waals surface area contributed by atoms with Crippen molar-refractivity contribution in [2.24, 2.45) is 0 Å². The fourth-order valence-electron chi connectivity index (χ4n) is 0.854. The van der Waals surface area contributed by atoms with Crippen LogP contribution in [0.2, 0.25) is 0 Å². The van der Waals surface area contributed by atoms with Crippen molar-refractivity contribution in [2.75, 3.05) is 27.2 Å². The van der Waals surface area contributed by atoms with Crippen LogP contribution >= 0.6 is 0 Å². The Morgan fingerprint density at radius 1 is 1.67 bits per heavy atom. The first-order chi connectivity index (χ1) is 5.70. The minimum Gasteiger partial charge on any atom is -0.358 e. The van der Waals surface area contributed by atoms with Crippen LogP contribution in [0.15, 0.2) is 0 Å². The summed E-state index contributed by atoms with van der Waals surface area (Å²) in [4.78, 5) is 12.8. The van der Waals surface area contributed by atoms with E-state index in [-0.39, 0.29) is 5.91 Å². The molecule has 1 N–H and O–H groups in total. The van der Waals surface area contributed by atoms with E-state index in [0.717, 1.165) is 19.4 Å². The summed E-state index contributed by atoms with van der Waals surface area (Å²) in [5.41, 5.74) is 0. The molecule has 0 radical (unpaired) electrons. The fourth-order valence-corrected chi connectivity index (χ4v) is 0.854. The van der Waals surface area contributed by atoms with E-state index in [0.29, 0.717) is 6.54 Å². The molecule has 12 heavy (non-hydrogen) atoms. The van der Waals surface area contributed by atoms with Crippen LogP contribution in [0, 0.1) is 12.3 Å². The molecule has 0 aliphatic carbocycles. The predicted molar refractivity (Wildman–Crippen MR) is 49.6 cm³/mol. The van der Waals surface area contributed by atoms with Crippen molar-refractivity contribution in [3.8, 4) is 12.3 Å². The number of amides is 1. The Morgan fingerprint density at radius 2 is 2.33 bits per heavy atom. The van der Waals surface area contributed by atoms with Gasteiger partial charge in [0, 0.05) is 13.5 Å². The Hall–Kier alpha value is -1.01. The normalized spacial score (nSPS) is 9.50. The number of nitrogens with zero attached hydrogens (tertiary/aromatic N) is 1. The summed E-state index contributed by atoms with van der Waals surface area (Å²) in [6.45, 7) is 1.32. The SMILES string of the molecule is C#CCCCN(C)CC(=O)NC. The highest BCUT2D eigenvalue weighted by atomic mass is 16.1. The van der Waals surface area contributed by atoms with Crippen molar-refractivity contribution in [2.45, 2.75) is 12.8 Å². The summed E-state index contributed by atoms with van der Waals surface area (Å²) < 4.78 is 0. The topological polar surface area (TPSA) is 32.3 Å². The predicted octanol–water partition coefficient (Wildman–Crippen LogP) is 0.0776. The maximum absolute atomic E-state index is 10.9. The van der Waals surface area contributed by atoms with E-state index >= 15 is 0 Å². The smallest absolute Gasteiger partial charge is 0.233 e. The first-order valence-electron chi connectivity index (χ1n) is 4.03. The second-order valence-electron chi connectivity index (χ2n) is 2.72. The molecule has 3 heteroatoms. The molecule has 3 nitrogen and oxygen atoms in total. The summed E-state index contributed by atoms with van der Waals surface area (Å²) in [6.07, 6.45) is 6.82. The van der Waals surface area contributed by atoms with Crippen LogP contribution in [0.3, 0.4) is 0 Å². The summed E-state index contributed by atoms with van der Waals surface area (Å²) in [7, 11) is 3.55. The van der Waals surface area contributed by atoms with Gasteiger partial charge in [0.15, 0.2) is 0 Å². The largest absolute Gasteiger partial charge is 0.358 e. The first kappa shape index (κ1) is 11.0. The molecule has 0 atom stereocenters. The Kier molecular flexibility index (Phi) is 6.12. The Morgan fingerprint density at radius 3 is 2.83 bits per heavy atom. The lowest BCUT2D eigenvalue weighted by molar-refractivity contribution is -0.121. The lowest BCUT2D eigenvalue weighted by Crippen LogP contribution is -2.33. The van der Waals surface area contributed by atoms with Gasteiger partial charge in [0.25, 0.3) is 0 Å². The van der Waals surface area contributed by atoms with E-state index in [1.54, 1.807) is 7.05 Å². The van der Waals surface area contributed by atoms with E-state index in [2.05, 4.69) is 11.2 Å². The summed E-state index contributed by atoms with van der Waals surface area (Å²) in [5, 5.41) is 2.57. The Bertz CT molecular complexity index is 172. The molecule has 0 rings (SSSR count). The highest BCUT2D eigenvalue weighted by Crippen LogP contribution is 1.90. The second kappa shape index (κ2) is 6.68. The molecule has 0 saturated carbocycles. The molecule has 68 valence electrons. The number of hydrogen-bond acceptors (Lipinski definition) is 2. The third-order valence-corrected chi connectivity index (χ3v) is 1.55. The summed E-state index contributed by atoms with van der Waals surface area (Å²) in [5.74, 6) is 2.60. The summed E-state index contributed by atoms with van der Waals surface area (Å²) >= 11 is 0. The minimum absolute atomic E-state index is 0.0400. The molecule has 0 saturated heterocycles. The van der Waals surface area contributed by atoms with E-state index in [1.165, 1.54) is 0 Å². The second-order valence-corrected chi connectivity index (χ2v) is 2.72. The highest BCUT2D eigenvalue weighted by molar-refractivity contribution is 5.77. The van der Waals surface area contributed by atoms with E-state index in [9.17, 15) is 4.79 Å². The van der Waals surface area contributed by atoms with Crippen molar-refractivity contribution in [3.63, 3.8) is 0 Å². The fraction of sp³-hybridized carbons (Fsp3) is 0.667. The van der Waals surface area contributed by atoms with Crippen molar-refractivity contribution in [3.05, 3.63) is 0 Å². The standard InChI is InChI=1S/C9H16N2O/c1-4-5-6-7-11(3)8-9(12)10-2/h1H,5-8H2,2-3H3,(H,10,12). The number of carbonyl (C=O) groups excluding carboxylic acids is 1. The maximum Gasteiger partial charge on any atom is 0.233 e. The molecular weight excluding hydrogens is 152 g/mol. The minimum atomic E-state index is 0.0400. The van der Waals surface area contributed by atoms with Gasteiger partial charge in [-0.05, 0) is 20.0 Å². The van der Waals surface area contributed by atoms with Gasteiger partial charge < -0.3 is 5.32 Å². The molecule has 0 fully saturated rings. The van der Waals surface area contributed by atoms with Gasteiger partial charge in [-0.2, -0.15) is 0 Å². The van der Waals surface area contributed by atoms with E-state index < -0.39 is 0 Å². The van der Waals surface area contributed by atoms with Crippen molar-refractivity contribution < 1.29 is 4.79 Å². The number of carbonyl (C=O) groups is 1. The third-order valence-electron chi connectivity index (χ3n) is 1.55. The molecule has 0 aliphatic heterocycles. The van der Waals surface area contributed by atoms with Gasteiger partial charge in [-0.1, -0.05) is 0 Å². The molecule has 0 aromatic rings. The van der Waals surface area contributed by atoms with Gasteiger partial charge in [-0.25, -0.2) is 0 Å². The lowest BCUT2D eigenvalue weighted by atomic mass is 10.3. The van der Waals surface area contributed by atoms with Crippen LogP contribution in [0.4, 0.5) is 0 Å². The average molecular weight is 168 g/mol. The lowest BCUT2D eigenvalue weighted by Gasteiger charge is -2.13. The van der Waals surface area contributed by atoms with Gasteiger partial charge in [-0.15, -0.1) is 12.3 Å². The molecule has 0 unspecified atom stereocenters. The van der Waals surface area contributed by atoms with Crippen molar-refractivity contribution >= 4 is 5.91 Å². The zero-order valence-electron chi connectivity index (χ0n) is 7.76. The van der Waals surface area contributed by atoms with Crippen LogP contribution in [-0.2, 0) is 4.79 Å². The van der Waals surface area contributed by atoms with E-state index in [1.807, 2.05) is 11.9 Å². The Labute approximate surface area is 74.1 Å². The maximum atomic E-state index is 10.9. The van der Waals surface area contributed by atoms with Crippen LogP contribution in [0.25, 0.3) is 0 Å². The first-order valence-corrected chi connectivity index (χ1v) is 4.03. The highest BCUT2D eigenvalue weighted by Gasteiger charge is 2.02. The van der Waals surface area contributed by atoms with Crippen LogP contribution in [0.5, 0.6) is 0 Å². The molecule has 0 aliphatic rings. The zero-order valence-corrected chi connectivity index (χ0v) is 7.76.